The average molecular weight is 390 g/mol. The normalized spacial score (nSPS) is 22.0. The summed E-state index contributed by atoms with van der Waals surface area (Å²) in [4.78, 5) is 19.8. The van der Waals surface area contributed by atoms with Gasteiger partial charge in [0.15, 0.2) is 5.65 Å². The largest absolute Gasteiger partial charge is 0.349 e. The van der Waals surface area contributed by atoms with Crippen molar-refractivity contribution in [3.05, 3.63) is 53.3 Å². The summed E-state index contributed by atoms with van der Waals surface area (Å²) >= 11 is 0. The van der Waals surface area contributed by atoms with Gasteiger partial charge in [-0.05, 0) is 56.7 Å². The number of carbonyl (C=O) groups is 1. The van der Waals surface area contributed by atoms with Gasteiger partial charge in [0.05, 0.1) is 12.2 Å². The van der Waals surface area contributed by atoms with E-state index in [4.69, 9.17) is 4.98 Å². The Morgan fingerprint density at radius 2 is 2.10 bits per heavy atom. The molecule has 2 atom stereocenters. The number of nitrogens with zero attached hydrogens (tertiary/aromatic N) is 4. The number of anilines is 2. The van der Waals surface area contributed by atoms with Gasteiger partial charge in [0.2, 0.25) is 0 Å². The molecule has 2 N–H and O–H groups in total. The smallest absolute Gasteiger partial charge is 0.319 e. The fourth-order valence-electron chi connectivity index (χ4n) is 4.55. The van der Waals surface area contributed by atoms with Crippen molar-refractivity contribution in [2.45, 2.75) is 51.6 Å². The van der Waals surface area contributed by atoms with Crippen molar-refractivity contribution in [2.24, 2.45) is 0 Å². The van der Waals surface area contributed by atoms with Crippen molar-refractivity contribution in [1.82, 2.24) is 19.9 Å². The van der Waals surface area contributed by atoms with E-state index in [0.717, 1.165) is 38.0 Å². The Kier molecular flexibility index (Phi) is 4.38. The van der Waals surface area contributed by atoms with Crippen molar-refractivity contribution in [1.29, 1.82) is 0 Å². The van der Waals surface area contributed by atoms with E-state index >= 15 is 0 Å². The zero-order valence-corrected chi connectivity index (χ0v) is 16.9. The van der Waals surface area contributed by atoms with Crippen molar-refractivity contribution in [3.63, 3.8) is 0 Å². The fourth-order valence-corrected chi connectivity index (χ4v) is 4.55. The highest BCUT2D eigenvalue weighted by Crippen LogP contribution is 2.38. The van der Waals surface area contributed by atoms with Gasteiger partial charge >= 0.3 is 6.03 Å². The van der Waals surface area contributed by atoms with Gasteiger partial charge < -0.3 is 15.5 Å². The molecule has 4 heterocycles. The summed E-state index contributed by atoms with van der Waals surface area (Å²) in [5.41, 5.74) is 5.33. The van der Waals surface area contributed by atoms with Gasteiger partial charge in [-0.2, -0.15) is 5.10 Å². The van der Waals surface area contributed by atoms with E-state index in [2.05, 4.69) is 45.8 Å². The lowest BCUT2D eigenvalue weighted by atomic mass is 9.92. The minimum Gasteiger partial charge on any atom is -0.349 e. The molecule has 1 aromatic carbocycles. The van der Waals surface area contributed by atoms with Gasteiger partial charge in [-0.15, -0.1) is 0 Å². The van der Waals surface area contributed by atoms with Gasteiger partial charge in [0.1, 0.15) is 11.5 Å². The zero-order chi connectivity index (χ0) is 20.0. The van der Waals surface area contributed by atoms with Gasteiger partial charge in [-0.3, -0.25) is 0 Å². The SMILES string of the molecule is Cc1ccc2c(c1)[C@H]1CCCN1c1ccn3ncc(c3n1)NC(=O)N[C@H](C)CC2. The van der Waals surface area contributed by atoms with Crippen LogP contribution in [0, 0.1) is 6.92 Å². The molecule has 1 saturated heterocycles. The minimum atomic E-state index is -0.222. The summed E-state index contributed by atoms with van der Waals surface area (Å²) in [7, 11) is 0. The van der Waals surface area contributed by atoms with E-state index in [1.165, 1.54) is 16.7 Å². The third-order valence-electron chi connectivity index (χ3n) is 6.03. The van der Waals surface area contributed by atoms with Gasteiger partial charge in [-0.25, -0.2) is 14.3 Å². The first kappa shape index (κ1) is 18.0. The lowest BCUT2D eigenvalue weighted by Gasteiger charge is -2.29. The number of hydrogen-bond acceptors (Lipinski definition) is 4. The predicted octanol–water partition coefficient (Wildman–Crippen LogP) is 3.84. The molecule has 150 valence electrons. The molecule has 0 spiro atoms. The highest BCUT2D eigenvalue weighted by atomic mass is 16.2. The van der Waals surface area contributed by atoms with Crippen LogP contribution in [0.4, 0.5) is 16.3 Å². The third-order valence-corrected chi connectivity index (χ3v) is 6.03. The molecule has 1 fully saturated rings. The lowest BCUT2D eigenvalue weighted by Crippen LogP contribution is -2.36. The van der Waals surface area contributed by atoms with Gasteiger partial charge in [0, 0.05) is 18.8 Å². The van der Waals surface area contributed by atoms with Crippen molar-refractivity contribution < 1.29 is 4.79 Å². The molecule has 0 aliphatic carbocycles. The van der Waals surface area contributed by atoms with Crippen LogP contribution in [-0.2, 0) is 6.42 Å². The zero-order valence-electron chi connectivity index (χ0n) is 16.9. The highest BCUT2D eigenvalue weighted by molar-refractivity contribution is 5.93. The first-order valence-electron chi connectivity index (χ1n) is 10.4. The second-order valence-corrected chi connectivity index (χ2v) is 8.20. The molecule has 3 aromatic rings. The topological polar surface area (TPSA) is 74.6 Å². The summed E-state index contributed by atoms with van der Waals surface area (Å²) in [5.74, 6) is 0.932. The number of urea groups is 1. The van der Waals surface area contributed by atoms with Crippen molar-refractivity contribution in [2.75, 3.05) is 16.8 Å². The Morgan fingerprint density at radius 3 is 3.00 bits per heavy atom. The molecule has 2 aromatic heterocycles. The number of amides is 2. The Hall–Kier alpha value is -3.09. The molecule has 7 nitrogen and oxygen atoms in total. The summed E-state index contributed by atoms with van der Waals surface area (Å²) in [6, 6.07) is 8.97. The van der Waals surface area contributed by atoms with E-state index in [1.807, 2.05) is 19.2 Å². The molecule has 5 rings (SSSR count). The fraction of sp³-hybridized carbons (Fsp3) is 0.409. The molecular formula is C22H26N6O. The molecule has 7 heteroatoms. The molecule has 0 saturated carbocycles. The number of rotatable bonds is 0. The lowest BCUT2D eigenvalue weighted by molar-refractivity contribution is 0.248. The van der Waals surface area contributed by atoms with Crippen LogP contribution in [-0.4, -0.2) is 33.2 Å². The Bertz CT molecular complexity index is 1070. The number of fused-ring (bicyclic) bond motifs is 5. The maximum atomic E-state index is 12.5. The Labute approximate surface area is 170 Å². The van der Waals surface area contributed by atoms with Crippen LogP contribution in [0.15, 0.2) is 36.7 Å². The molecule has 2 aliphatic rings. The second-order valence-electron chi connectivity index (χ2n) is 8.20. The quantitative estimate of drug-likeness (QED) is 0.612. The Morgan fingerprint density at radius 1 is 1.21 bits per heavy atom. The van der Waals surface area contributed by atoms with Crippen LogP contribution >= 0.6 is 0 Å². The molecule has 0 radical (unpaired) electrons. The molecule has 0 unspecified atom stereocenters. The standard InChI is InChI=1S/C22H26N6O/c1-14-5-7-16-8-6-15(2)24-22(29)25-18-13-23-28-11-9-20(26-21(18)28)27-10-3-4-19(27)17(16)12-14/h5,7,9,11-13,15,19H,3-4,6,8,10H2,1-2H3,(H2,24,25,29)/t15-,19-/m1/s1. The van der Waals surface area contributed by atoms with E-state index in [1.54, 1.807) is 10.7 Å². The summed E-state index contributed by atoms with van der Waals surface area (Å²) in [6.45, 7) is 5.19. The van der Waals surface area contributed by atoms with Crippen LogP contribution in [0.5, 0.6) is 0 Å². The third kappa shape index (κ3) is 3.30. The number of hydrogen-bond donors (Lipinski definition) is 2. The number of carbonyl (C=O) groups excluding carboxylic acids is 1. The van der Waals surface area contributed by atoms with Gasteiger partial charge in [-0.1, -0.05) is 23.8 Å². The van der Waals surface area contributed by atoms with Gasteiger partial charge in [0.25, 0.3) is 0 Å². The number of aryl methyl sites for hydroxylation is 2. The monoisotopic (exact) mass is 390 g/mol. The maximum absolute atomic E-state index is 12.5. The van der Waals surface area contributed by atoms with Crippen molar-refractivity contribution >= 4 is 23.2 Å². The summed E-state index contributed by atoms with van der Waals surface area (Å²) < 4.78 is 1.71. The van der Waals surface area contributed by atoms with E-state index in [9.17, 15) is 4.79 Å². The van der Waals surface area contributed by atoms with Crippen LogP contribution < -0.4 is 15.5 Å². The average Bonchev–Trinajstić information content (AvgIpc) is 3.33. The van der Waals surface area contributed by atoms with Crippen molar-refractivity contribution in [3.8, 4) is 0 Å². The number of benzene rings is 1. The number of aromatic nitrogens is 3. The van der Waals surface area contributed by atoms with E-state index in [0.29, 0.717) is 17.4 Å². The van der Waals surface area contributed by atoms with Crippen LogP contribution in [0.1, 0.15) is 48.9 Å². The number of nitrogens with one attached hydrogen (secondary N) is 2. The first-order chi connectivity index (χ1) is 14.1. The first-order valence-corrected chi connectivity index (χ1v) is 10.4. The van der Waals surface area contributed by atoms with E-state index in [-0.39, 0.29) is 12.1 Å². The maximum Gasteiger partial charge on any atom is 0.319 e. The predicted molar refractivity (Wildman–Crippen MR) is 113 cm³/mol. The molecule has 2 aliphatic heterocycles. The summed E-state index contributed by atoms with van der Waals surface area (Å²) in [6.07, 6.45) is 7.67. The van der Waals surface area contributed by atoms with E-state index < -0.39 is 0 Å². The Balaban J connectivity index is 1.65. The molecular weight excluding hydrogens is 364 g/mol. The molecule has 2 bridgehead atoms. The minimum absolute atomic E-state index is 0.0668. The highest BCUT2D eigenvalue weighted by Gasteiger charge is 2.29. The van der Waals surface area contributed by atoms with Crippen LogP contribution in [0.2, 0.25) is 0 Å². The molecule has 2 amide bonds. The summed E-state index contributed by atoms with van der Waals surface area (Å²) in [5, 5.41) is 10.3. The van der Waals surface area contributed by atoms with Crippen LogP contribution in [0.25, 0.3) is 5.65 Å². The molecule has 29 heavy (non-hydrogen) atoms. The second kappa shape index (κ2) is 7.06. The van der Waals surface area contributed by atoms with Crippen LogP contribution in [0.3, 0.4) is 0 Å².